The Labute approximate surface area is 143 Å². The molecule has 2 aliphatic rings. The molecule has 10 nitrogen and oxygen atoms in total. The van der Waals surface area contributed by atoms with Crippen molar-refractivity contribution in [3.05, 3.63) is 32.6 Å². The Bertz CT molecular complexity index is 878. The molecule has 0 aromatic carbocycles. The number of H-pyrrole nitrogens is 2. The molecule has 2 saturated heterocycles. The summed E-state index contributed by atoms with van der Waals surface area (Å²) in [5.41, 5.74) is -1.90. The van der Waals surface area contributed by atoms with Crippen molar-refractivity contribution in [2.24, 2.45) is 11.3 Å². The molecule has 3 rings (SSSR count). The van der Waals surface area contributed by atoms with Crippen LogP contribution in [-0.2, 0) is 21.4 Å². The Morgan fingerprint density at radius 2 is 2.04 bits per heavy atom. The predicted octanol–water partition coefficient (Wildman–Crippen LogP) is -1.77. The number of likely N-dealkylation sites (tertiary alicyclic amines) is 1. The summed E-state index contributed by atoms with van der Waals surface area (Å²) < 4.78 is 25.4. The summed E-state index contributed by atoms with van der Waals surface area (Å²) in [4.78, 5) is 41.1. The number of hydrogen-bond donors (Lipinski definition) is 3. The highest BCUT2D eigenvalue weighted by molar-refractivity contribution is 7.89. The number of rotatable bonds is 5. The van der Waals surface area contributed by atoms with Gasteiger partial charge in [0.15, 0.2) is 0 Å². The van der Waals surface area contributed by atoms with Crippen molar-refractivity contribution in [2.45, 2.75) is 13.5 Å². The fourth-order valence-corrected chi connectivity index (χ4v) is 4.99. The number of hydrogen-bond acceptors (Lipinski definition) is 6. The van der Waals surface area contributed by atoms with Gasteiger partial charge in [0.1, 0.15) is 0 Å². The maximum atomic E-state index is 12.1. The van der Waals surface area contributed by atoms with E-state index in [4.69, 9.17) is 0 Å². The van der Waals surface area contributed by atoms with Crippen molar-refractivity contribution < 1.29 is 18.3 Å². The van der Waals surface area contributed by atoms with Crippen LogP contribution in [0.5, 0.6) is 0 Å². The lowest BCUT2D eigenvalue weighted by Gasteiger charge is -2.25. The molecule has 0 aliphatic carbocycles. The summed E-state index contributed by atoms with van der Waals surface area (Å²) in [7, 11) is -3.44. The second-order valence-corrected chi connectivity index (χ2v) is 8.89. The van der Waals surface area contributed by atoms with E-state index in [0.29, 0.717) is 12.2 Å². The van der Waals surface area contributed by atoms with Crippen molar-refractivity contribution in [3.8, 4) is 0 Å². The lowest BCUT2D eigenvalue weighted by Crippen LogP contribution is -2.42. The van der Waals surface area contributed by atoms with Crippen molar-refractivity contribution in [1.29, 1.82) is 0 Å². The van der Waals surface area contributed by atoms with Gasteiger partial charge in [0.25, 0.3) is 5.56 Å². The Hall–Kier alpha value is -1.98. The molecular formula is C14H20N4O6S. The first kappa shape index (κ1) is 17.8. The van der Waals surface area contributed by atoms with Crippen LogP contribution in [-0.4, -0.2) is 70.6 Å². The fourth-order valence-electron chi connectivity index (χ4n) is 3.79. The van der Waals surface area contributed by atoms with E-state index in [-0.39, 0.29) is 37.8 Å². The number of sulfonamides is 1. The van der Waals surface area contributed by atoms with Crippen molar-refractivity contribution in [1.82, 2.24) is 19.2 Å². The largest absolute Gasteiger partial charge is 0.481 e. The zero-order valence-corrected chi connectivity index (χ0v) is 14.5. The van der Waals surface area contributed by atoms with E-state index in [9.17, 15) is 27.9 Å². The van der Waals surface area contributed by atoms with Crippen LogP contribution in [0.25, 0.3) is 0 Å². The van der Waals surface area contributed by atoms with Crippen LogP contribution in [0.2, 0.25) is 0 Å². The molecule has 0 amide bonds. The van der Waals surface area contributed by atoms with Gasteiger partial charge in [0.05, 0.1) is 11.2 Å². The van der Waals surface area contributed by atoms with Crippen LogP contribution >= 0.6 is 0 Å². The number of nitrogens with one attached hydrogen (secondary N) is 2. The monoisotopic (exact) mass is 372 g/mol. The first-order valence-electron chi connectivity index (χ1n) is 7.92. The third-order valence-electron chi connectivity index (χ3n) is 5.04. The zero-order valence-electron chi connectivity index (χ0n) is 13.7. The quantitative estimate of drug-likeness (QED) is 0.555. The molecular weight excluding hydrogens is 352 g/mol. The summed E-state index contributed by atoms with van der Waals surface area (Å²) in [5, 5.41) is 9.74. The molecule has 2 aliphatic heterocycles. The van der Waals surface area contributed by atoms with Gasteiger partial charge >= 0.3 is 11.7 Å². The molecule has 0 radical (unpaired) electrons. The molecule has 25 heavy (non-hydrogen) atoms. The standard InChI is InChI=1S/C14H20N4O6S/c1-2-25(23,24)18-5-9-4-17(7-14(9,8-18)12(20)21)6-10-3-11(19)16-13(22)15-10/h3,9H,2,4-8H2,1H3,(H,20,21)(H2,15,16,19,22)/t9-,14-/m1/s1. The van der Waals surface area contributed by atoms with Crippen LogP contribution in [0, 0.1) is 11.3 Å². The van der Waals surface area contributed by atoms with E-state index in [1.807, 2.05) is 4.90 Å². The molecule has 3 heterocycles. The molecule has 0 bridgehead atoms. The molecule has 0 unspecified atom stereocenters. The van der Waals surface area contributed by atoms with E-state index in [2.05, 4.69) is 9.97 Å². The minimum atomic E-state index is -3.44. The number of fused-ring (bicyclic) bond motifs is 1. The maximum absolute atomic E-state index is 12.1. The van der Waals surface area contributed by atoms with Crippen LogP contribution in [0.3, 0.4) is 0 Å². The van der Waals surface area contributed by atoms with Gasteiger partial charge in [-0.1, -0.05) is 0 Å². The van der Waals surface area contributed by atoms with E-state index in [1.165, 1.54) is 17.3 Å². The molecule has 2 atom stereocenters. The van der Waals surface area contributed by atoms with Gasteiger partial charge < -0.3 is 10.1 Å². The third-order valence-corrected chi connectivity index (χ3v) is 6.84. The van der Waals surface area contributed by atoms with Crippen LogP contribution in [0.15, 0.2) is 15.7 Å². The minimum Gasteiger partial charge on any atom is -0.481 e. The molecule has 0 spiro atoms. The number of carbonyl (C=O) groups is 1. The molecule has 138 valence electrons. The first-order valence-corrected chi connectivity index (χ1v) is 9.53. The average Bonchev–Trinajstić information content (AvgIpc) is 3.01. The van der Waals surface area contributed by atoms with E-state index >= 15 is 0 Å². The fraction of sp³-hybridized carbons (Fsp3) is 0.643. The number of aromatic amines is 2. The van der Waals surface area contributed by atoms with Crippen LogP contribution < -0.4 is 11.2 Å². The number of carboxylic acid groups (broad SMARTS) is 1. The smallest absolute Gasteiger partial charge is 0.325 e. The highest BCUT2D eigenvalue weighted by Crippen LogP contribution is 2.44. The van der Waals surface area contributed by atoms with E-state index < -0.39 is 32.7 Å². The summed E-state index contributed by atoms with van der Waals surface area (Å²) in [5.74, 6) is -1.42. The SMILES string of the molecule is CCS(=O)(=O)N1C[C@H]2CN(Cc3cc(=O)[nH]c(=O)[nH]3)C[C@@]2(C(=O)O)C1. The Morgan fingerprint density at radius 1 is 1.32 bits per heavy atom. The van der Waals surface area contributed by atoms with Gasteiger partial charge in [-0.2, -0.15) is 0 Å². The van der Waals surface area contributed by atoms with Crippen LogP contribution in [0.4, 0.5) is 0 Å². The zero-order chi connectivity index (χ0) is 18.4. The normalized spacial score (nSPS) is 27.5. The number of aliphatic carboxylic acids is 1. The predicted molar refractivity (Wildman–Crippen MR) is 87.6 cm³/mol. The molecule has 3 N–H and O–H groups in total. The Morgan fingerprint density at radius 3 is 2.60 bits per heavy atom. The Balaban J connectivity index is 1.81. The molecule has 2 fully saturated rings. The third kappa shape index (κ3) is 3.14. The van der Waals surface area contributed by atoms with E-state index in [0.717, 1.165) is 0 Å². The van der Waals surface area contributed by atoms with Gasteiger partial charge in [-0.3, -0.25) is 19.5 Å². The Kier molecular flexibility index (Phi) is 4.33. The number of nitrogens with zero attached hydrogens (tertiary/aromatic N) is 2. The molecule has 1 aromatic heterocycles. The van der Waals surface area contributed by atoms with Gasteiger partial charge in [-0.25, -0.2) is 17.5 Å². The summed E-state index contributed by atoms with van der Waals surface area (Å²) in [6.45, 7) is 2.43. The lowest BCUT2D eigenvalue weighted by atomic mass is 9.81. The van der Waals surface area contributed by atoms with Crippen LogP contribution in [0.1, 0.15) is 12.6 Å². The highest BCUT2D eigenvalue weighted by atomic mass is 32.2. The number of carboxylic acids is 1. The average molecular weight is 372 g/mol. The second-order valence-electron chi connectivity index (χ2n) is 6.63. The van der Waals surface area contributed by atoms with Crippen molar-refractivity contribution in [3.63, 3.8) is 0 Å². The van der Waals surface area contributed by atoms with E-state index in [1.54, 1.807) is 0 Å². The summed E-state index contributed by atoms with van der Waals surface area (Å²) in [6, 6.07) is 1.26. The lowest BCUT2D eigenvalue weighted by molar-refractivity contribution is -0.148. The van der Waals surface area contributed by atoms with Crippen molar-refractivity contribution in [2.75, 3.05) is 31.9 Å². The summed E-state index contributed by atoms with van der Waals surface area (Å²) >= 11 is 0. The van der Waals surface area contributed by atoms with Gasteiger partial charge in [0.2, 0.25) is 10.0 Å². The van der Waals surface area contributed by atoms with Gasteiger partial charge in [-0.05, 0) is 6.92 Å². The molecule has 1 aromatic rings. The molecule has 0 saturated carbocycles. The first-order chi connectivity index (χ1) is 11.7. The summed E-state index contributed by atoms with van der Waals surface area (Å²) in [6.07, 6.45) is 0. The van der Waals surface area contributed by atoms with Gasteiger partial charge in [0, 0.05) is 50.4 Å². The molecule has 11 heteroatoms. The highest BCUT2D eigenvalue weighted by Gasteiger charge is 2.59. The maximum Gasteiger partial charge on any atom is 0.325 e. The minimum absolute atomic E-state index is 0.0500. The topological polar surface area (TPSA) is 144 Å². The number of aromatic nitrogens is 2. The van der Waals surface area contributed by atoms with Gasteiger partial charge in [-0.15, -0.1) is 0 Å². The second kappa shape index (κ2) is 6.07. The van der Waals surface area contributed by atoms with Crippen molar-refractivity contribution >= 4 is 16.0 Å².